The van der Waals surface area contributed by atoms with Gasteiger partial charge in [0, 0.05) is 24.3 Å². The number of likely N-dealkylation sites (tertiary alicyclic amines) is 1. The van der Waals surface area contributed by atoms with Crippen molar-refractivity contribution in [3.8, 4) is 0 Å². The molecule has 23 heavy (non-hydrogen) atoms. The Bertz CT molecular complexity index is 593. The van der Waals surface area contributed by atoms with Crippen molar-refractivity contribution in [2.45, 2.75) is 32.1 Å². The van der Waals surface area contributed by atoms with E-state index in [4.69, 9.17) is 11.6 Å². The maximum Gasteiger partial charge on any atom is 0.270 e. The molecule has 1 aromatic rings. The number of amides is 2. The van der Waals surface area contributed by atoms with E-state index in [0.717, 1.165) is 25.4 Å². The minimum atomic E-state index is -0.367. The summed E-state index contributed by atoms with van der Waals surface area (Å²) in [6.45, 7) is 1.67. The molecule has 124 valence electrons. The van der Waals surface area contributed by atoms with Crippen LogP contribution >= 0.6 is 11.6 Å². The van der Waals surface area contributed by atoms with Crippen molar-refractivity contribution in [2.75, 3.05) is 19.6 Å². The number of fused-ring (bicyclic) bond motifs is 1. The molecule has 3 rings (SSSR count). The van der Waals surface area contributed by atoms with Crippen LogP contribution in [0.4, 0.5) is 0 Å². The summed E-state index contributed by atoms with van der Waals surface area (Å²) in [7, 11) is 0. The fourth-order valence-electron chi connectivity index (χ4n) is 3.71. The molecule has 1 aliphatic heterocycles. The van der Waals surface area contributed by atoms with Gasteiger partial charge in [-0.05, 0) is 36.8 Å². The van der Waals surface area contributed by atoms with Gasteiger partial charge >= 0.3 is 0 Å². The number of hydrogen-bond acceptors (Lipinski definition) is 3. The van der Waals surface area contributed by atoms with Crippen LogP contribution in [0.5, 0.6) is 0 Å². The largest absolute Gasteiger partial charge is 0.342 e. The van der Waals surface area contributed by atoms with E-state index in [0.29, 0.717) is 10.9 Å². The zero-order chi connectivity index (χ0) is 16.2. The Kier molecular flexibility index (Phi) is 5.16. The van der Waals surface area contributed by atoms with Crippen LogP contribution in [0.2, 0.25) is 5.02 Å². The number of pyridine rings is 1. The van der Waals surface area contributed by atoms with Gasteiger partial charge in [0.2, 0.25) is 5.91 Å². The number of carbonyl (C=O) groups is 2. The molecule has 2 atom stereocenters. The minimum Gasteiger partial charge on any atom is -0.342 e. The van der Waals surface area contributed by atoms with Crippen molar-refractivity contribution in [1.82, 2.24) is 15.2 Å². The Morgan fingerprint density at radius 1 is 1.26 bits per heavy atom. The van der Waals surface area contributed by atoms with Gasteiger partial charge in [-0.15, -0.1) is 0 Å². The minimum absolute atomic E-state index is 0.00981. The lowest BCUT2D eigenvalue weighted by Crippen LogP contribution is -2.48. The number of carbonyl (C=O) groups excluding carboxylic acids is 2. The third-order valence-corrected chi connectivity index (χ3v) is 5.23. The van der Waals surface area contributed by atoms with Crippen molar-refractivity contribution in [2.24, 2.45) is 11.8 Å². The first-order valence-electron chi connectivity index (χ1n) is 8.31. The second-order valence-corrected chi connectivity index (χ2v) is 6.91. The number of halogens is 1. The highest BCUT2D eigenvalue weighted by Gasteiger charge is 2.32. The van der Waals surface area contributed by atoms with Crippen LogP contribution < -0.4 is 5.32 Å². The Morgan fingerprint density at radius 3 is 2.83 bits per heavy atom. The average molecular weight is 336 g/mol. The van der Waals surface area contributed by atoms with E-state index in [1.807, 2.05) is 4.90 Å². The second kappa shape index (κ2) is 7.30. The van der Waals surface area contributed by atoms with Crippen molar-refractivity contribution in [3.05, 3.63) is 29.0 Å². The zero-order valence-corrected chi connectivity index (χ0v) is 13.9. The molecule has 2 heterocycles. The first-order chi connectivity index (χ1) is 11.1. The van der Waals surface area contributed by atoms with Crippen LogP contribution in [0.1, 0.15) is 42.6 Å². The van der Waals surface area contributed by atoms with Gasteiger partial charge in [0.25, 0.3) is 5.91 Å². The number of nitrogens with zero attached hydrogens (tertiary/aromatic N) is 2. The summed E-state index contributed by atoms with van der Waals surface area (Å²) in [5.41, 5.74) is 0.233. The van der Waals surface area contributed by atoms with Crippen LogP contribution in [0.3, 0.4) is 0 Å². The number of hydrogen-bond donors (Lipinski definition) is 1. The van der Waals surface area contributed by atoms with Gasteiger partial charge in [0.15, 0.2) is 0 Å². The van der Waals surface area contributed by atoms with E-state index in [9.17, 15) is 9.59 Å². The fourth-order valence-corrected chi connectivity index (χ4v) is 3.87. The monoisotopic (exact) mass is 335 g/mol. The SMILES string of the molecule is O=C(NCC(=O)N1CC[C@H]2CCCC[C@H]2C1)c1cc(Cl)ccn1. The molecule has 2 amide bonds. The summed E-state index contributed by atoms with van der Waals surface area (Å²) in [4.78, 5) is 30.2. The van der Waals surface area contributed by atoms with Crippen LogP contribution in [0.25, 0.3) is 0 Å². The molecular weight excluding hydrogens is 314 g/mol. The molecule has 0 bridgehead atoms. The molecule has 5 nitrogen and oxygen atoms in total. The van der Waals surface area contributed by atoms with Gasteiger partial charge in [0.05, 0.1) is 6.54 Å². The number of aromatic nitrogens is 1. The van der Waals surface area contributed by atoms with Crippen molar-refractivity contribution in [3.63, 3.8) is 0 Å². The lowest BCUT2D eigenvalue weighted by molar-refractivity contribution is -0.133. The lowest BCUT2D eigenvalue weighted by Gasteiger charge is -2.41. The van der Waals surface area contributed by atoms with Gasteiger partial charge in [0.1, 0.15) is 5.69 Å². The maximum absolute atomic E-state index is 12.3. The molecule has 1 saturated heterocycles. The Hall–Kier alpha value is -1.62. The maximum atomic E-state index is 12.3. The van der Waals surface area contributed by atoms with Crippen LogP contribution in [-0.2, 0) is 4.79 Å². The van der Waals surface area contributed by atoms with Gasteiger partial charge in [-0.1, -0.05) is 30.9 Å². The van der Waals surface area contributed by atoms with Gasteiger partial charge < -0.3 is 10.2 Å². The predicted octanol–water partition coefficient (Wildman–Crippen LogP) is 2.50. The molecule has 2 fully saturated rings. The second-order valence-electron chi connectivity index (χ2n) is 6.48. The van der Waals surface area contributed by atoms with Crippen molar-refractivity contribution in [1.29, 1.82) is 0 Å². The summed E-state index contributed by atoms with van der Waals surface area (Å²) >= 11 is 5.84. The highest BCUT2D eigenvalue weighted by molar-refractivity contribution is 6.30. The van der Waals surface area contributed by atoms with Crippen LogP contribution in [0.15, 0.2) is 18.3 Å². The molecule has 0 spiro atoms. The number of nitrogens with one attached hydrogen (secondary N) is 1. The van der Waals surface area contributed by atoms with Crippen molar-refractivity contribution < 1.29 is 9.59 Å². The first kappa shape index (κ1) is 16.2. The molecule has 1 N–H and O–H groups in total. The smallest absolute Gasteiger partial charge is 0.270 e. The molecular formula is C17H22ClN3O2. The molecule has 1 aromatic heterocycles. The lowest BCUT2D eigenvalue weighted by atomic mass is 9.75. The third-order valence-electron chi connectivity index (χ3n) is 5.00. The molecule has 0 unspecified atom stereocenters. The molecule has 0 radical (unpaired) electrons. The first-order valence-corrected chi connectivity index (χ1v) is 8.69. The Labute approximate surface area is 141 Å². The standard InChI is InChI=1S/C17H22ClN3O2/c18-14-5-7-19-15(9-14)17(23)20-10-16(22)21-8-6-12-3-1-2-4-13(12)11-21/h5,7,9,12-13H,1-4,6,8,10-11H2,(H,20,23)/t12-,13+/m1/s1. The number of rotatable bonds is 3. The van der Waals surface area contributed by atoms with E-state index in [1.165, 1.54) is 37.9 Å². The average Bonchev–Trinajstić information content (AvgIpc) is 2.59. The summed E-state index contributed by atoms with van der Waals surface area (Å²) in [6.07, 6.45) is 7.72. The molecule has 6 heteroatoms. The predicted molar refractivity (Wildman–Crippen MR) is 88.2 cm³/mol. The topological polar surface area (TPSA) is 62.3 Å². The zero-order valence-electron chi connectivity index (χ0n) is 13.1. The van der Waals surface area contributed by atoms with E-state index in [2.05, 4.69) is 10.3 Å². The molecule has 0 aromatic carbocycles. The summed E-state index contributed by atoms with van der Waals surface area (Å²) < 4.78 is 0. The fraction of sp³-hybridized carbons (Fsp3) is 0.588. The number of piperidine rings is 1. The van der Waals surface area contributed by atoms with E-state index in [-0.39, 0.29) is 24.1 Å². The molecule has 2 aliphatic rings. The summed E-state index contributed by atoms with van der Waals surface area (Å²) in [6, 6.07) is 3.10. The van der Waals surface area contributed by atoms with E-state index < -0.39 is 0 Å². The van der Waals surface area contributed by atoms with Gasteiger partial charge in [-0.2, -0.15) is 0 Å². The quantitative estimate of drug-likeness (QED) is 0.923. The van der Waals surface area contributed by atoms with Crippen LogP contribution in [0, 0.1) is 11.8 Å². The normalized spacial score (nSPS) is 24.0. The van der Waals surface area contributed by atoms with Crippen molar-refractivity contribution >= 4 is 23.4 Å². The van der Waals surface area contributed by atoms with Gasteiger partial charge in [-0.25, -0.2) is 0 Å². The highest BCUT2D eigenvalue weighted by Crippen LogP contribution is 2.35. The summed E-state index contributed by atoms with van der Waals surface area (Å²) in [5, 5.41) is 3.10. The van der Waals surface area contributed by atoms with Crippen LogP contribution in [-0.4, -0.2) is 41.3 Å². The Morgan fingerprint density at radius 2 is 2.04 bits per heavy atom. The molecule has 1 aliphatic carbocycles. The highest BCUT2D eigenvalue weighted by atomic mass is 35.5. The summed E-state index contributed by atoms with van der Waals surface area (Å²) in [5.74, 6) is 1.06. The van der Waals surface area contributed by atoms with E-state index >= 15 is 0 Å². The molecule has 1 saturated carbocycles. The third kappa shape index (κ3) is 4.02. The Balaban J connectivity index is 1.50. The van der Waals surface area contributed by atoms with E-state index in [1.54, 1.807) is 6.07 Å². The van der Waals surface area contributed by atoms with Gasteiger partial charge in [-0.3, -0.25) is 14.6 Å².